The first-order valence-electron chi connectivity index (χ1n) is 4.50. The third-order valence-corrected chi connectivity index (χ3v) is 3.21. The SMILES string of the molecule is NS(=O)(=O)Cc1c(Cl)ccc2cccnc12. The second kappa shape index (κ2) is 4.01. The molecule has 16 heavy (non-hydrogen) atoms. The molecule has 0 fully saturated rings. The van der Waals surface area contributed by atoms with E-state index in [1.807, 2.05) is 6.07 Å². The third kappa shape index (κ3) is 2.32. The zero-order chi connectivity index (χ0) is 11.8. The van der Waals surface area contributed by atoms with Gasteiger partial charge in [0.25, 0.3) is 0 Å². The average molecular weight is 257 g/mol. The number of hydrogen-bond acceptors (Lipinski definition) is 3. The van der Waals surface area contributed by atoms with Crippen LogP contribution in [0, 0.1) is 0 Å². The van der Waals surface area contributed by atoms with Gasteiger partial charge in [-0.25, -0.2) is 13.6 Å². The molecule has 2 N–H and O–H groups in total. The highest BCUT2D eigenvalue weighted by molar-refractivity contribution is 7.88. The molecule has 6 heteroatoms. The van der Waals surface area contributed by atoms with Gasteiger partial charge in [-0.3, -0.25) is 4.98 Å². The fourth-order valence-electron chi connectivity index (χ4n) is 1.52. The van der Waals surface area contributed by atoms with E-state index < -0.39 is 10.0 Å². The van der Waals surface area contributed by atoms with Crippen molar-refractivity contribution in [2.75, 3.05) is 0 Å². The molecule has 1 aromatic heterocycles. The van der Waals surface area contributed by atoms with Crippen LogP contribution in [0.4, 0.5) is 0 Å². The molecule has 2 aromatic rings. The van der Waals surface area contributed by atoms with Crippen LogP contribution in [0.1, 0.15) is 5.56 Å². The smallest absolute Gasteiger partial charge is 0.213 e. The number of fused-ring (bicyclic) bond motifs is 1. The Hall–Kier alpha value is -1.17. The van der Waals surface area contributed by atoms with Crippen LogP contribution in [-0.4, -0.2) is 13.4 Å². The largest absolute Gasteiger partial charge is 0.256 e. The number of benzene rings is 1. The number of halogens is 1. The van der Waals surface area contributed by atoms with Gasteiger partial charge in [-0.15, -0.1) is 0 Å². The maximum atomic E-state index is 11.1. The predicted octanol–water partition coefficient (Wildman–Crippen LogP) is 1.68. The van der Waals surface area contributed by atoms with Gasteiger partial charge in [0.1, 0.15) is 0 Å². The first kappa shape index (κ1) is 11.3. The molecule has 84 valence electrons. The molecule has 0 unspecified atom stereocenters. The van der Waals surface area contributed by atoms with E-state index in [0.29, 0.717) is 16.1 Å². The maximum Gasteiger partial charge on any atom is 0.213 e. The van der Waals surface area contributed by atoms with Gasteiger partial charge >= 0.3 is 0 Å². The van der Waals surface area contributed by atoms with E-state index >= 15 is 0 Å². The molecule has 0 radical (unpaired) electrons. The van der Waals surface area contributed by atoms with Crippen molar-refractivity contribution in [3.05, 3.63) is 41.0 Å². The molecule has 1 aromatic carbocycles. The Kier molecular flexibility index (Phi) is 2.84. The van der Waals surface area contributed by atoms with Gasteiger partial charge < -0.3 is 0 Å². The summed E-state index contributed by atoms with van der Waals surface area (Å²) < 4.78 is 22.2. The van der Waals surface area contributed by atoms with Crippen molar-refractivity contribution in [2.24, 2.45) is 5.14 Å². The summed E-state index contributed by atoms with van der Waals surface area (Å²) in [5.74, 6) is -0.305. The molecule has 0 amide bonds. The Morgan fingerprint density at radius 3 is 2.75 bits per heavy atom. The Labute approximate surface area is 98.1 Å². The summed E-state index contributed by atoms with van der Waals surface area (Å²) in [6.45, 7) is 0. The van der Waals surface area contributed by atoms with E-state index in [9.17, 15) is 8.42 Å². The van der Waals surface area contributed by atoms with Crippen LogP contribution in [0.5, 0.6) is 0 Å². The van der Waals surface area contributed by atoms with E-state index in [1.54, 1.807) is 24.4 Å². The molecule has 0 aliphatic heterocycles. The average Bonchev–Trinajstić information content (AvgIpc) is 2.21. The molecule has 0 spiro atoms. The molecular weight excluding hydrogens is 248 g/mol. The Bertz CT molecular complexity index is 640. The summed E-state index contributed by atoms with van der Waals surface area (Å²) >= 11 is 5.95. The minimum absolute atomic E-state index is 0.305. The first-order valence-corrected chi connectivity index (χ1v) is 6.59. The fourth-order valence-corrected chi connectivity index (χ4v) is 2.51. The molecule has 4 nitrogen and oxygen atoms in total. The Morgan fingerprint density at radius 1 is 1.31 bits per heavy atom. The van der Waals surface area contributed by atoms with Crippen molar-refractivity contribution in [1.82, 2.24) is 4.98 Å². The standard InChI is InChI=1S/C10H9ClN2O2S/c11-9-4-3-7-2-1-5-13-10(7)8(9)6-16(12,14)15/h1-5H,6H2,(H2,12,14,15). The number of sulfonamides is 1. The van der Waals surface area contributed by atoms with E-state index in [1.165, 1.54) is 0 Å². The Morgan fingerprint density at radius 2 is 2.06 bits per heavy atom. The quantitative estimate of drug-likeness (QED) is 0.888. The number of nitrogens with two attached hydrogens (primary N) is 1. The van der Waals surface area contributed by atoms with Crippen LogP contribution in [0.15, 0.2) is 30.5 Å². The van der Waals surface area contributed by atoms with Crippen molar-refractivity contribution in [3.8, 4) is 0 Å². The molecule has 0 bridgehead atoms. The minimum atomic E-state index is -3.62. The van der Waals surface area contributed by atoms with Crippen molar-refractivity contribution >= 4 is 32.5 Å². The number of nitrogens with zero attached hydrogens (tertiary/aromatic N) is 1. The van der Waals surface area contributed by atoms with Crippen LogP contribution >= 0.6 is 11.6 Å². The summed E-state index contributed by atoms with van der Waals surface area (Å²) in [5.41, 5.74) is 1.02. The number of aromatic nitrogens is 1. The zero-order valence-electron chi connectivity index (χ0n) is 8.22. The van der Waals surface area contributed by atoms with E-state index in [0.717, 1.165) is 5.39 Å². The summed E-state index contributed by atoms with van der Waals surface area (Å²) in [6.07, 6.45) is 1.59. The van der Waals surface area contributed by atoms with E-state index in [2.05, 4.69) is 4.98 Å². The monoisotopic (exact) mass is 256 g/mol. The van der Waals surface area contributed by atoms with Gasteiger partial charge in [-0.05, 0) is 12.1 Å². The summed E-state index contributed by atoms with van der Waals surface area (Å²) in [7, 11) is -3.62. The van der Waals surface area contributed by atoms with Crippen LogP contribution in [0.25, 0.3) is 10.9 Å². The van der Waals surface area contributed by atoms with Gasteiger partial charge in [-0.2, -0.15) is 0 Å². The summed E-state index contributed by atoms with van der Waals surface area (Å²) in [4.78, 5) is 4.12. The number of rotatable bonds is 2. The summed E-state index contributed by atoms with van der Waals surface area (Å²) in [6, 6.07) is 7.05. The lowest BCUT2D eigenvalue weighted by atomic mass is 10.1. The molecule has 0 atom stereocenters. The van der Waals surface area contributed by atoms with Crippen LogP contribution < -0.4 is 5.14 Å². The Balaban J connectivity index is 2.71. The number of hydrogen-bond donors (Lipinski definition) is 1. The van der Waals surface area contributed by atoms with Crippen molar-refractivity contribution < 1.29 is 8.42 Å². The van der Waals surface area contributed by atoms with Crippen LogP contribution in [0.2, 0.25) is 5.02 Å². The highest BCUT2D eigenvalue weighted by Crippen LogP contribution is 2.25. The maximum absolute atomic E-state index is 11.1. The minimum Gasteiger partial charge on any atom is -0.256 e. The van der Waals surface area contributed by atoms with Crippen LogP contribution in [-0.2, 0) is 15.8 Å². The van der Waals surface area contributed by atoms with E-state index in [-0.39, 0.29) is 5.75 Å². The first-order chi connectivity index (χ1) is 7.47. The van der Waals surface area contributed by atoms with Crippen molar-refractivity contribution in [3.63, 3.8) is 0 Å². The van der Waals surface area contributed by atoms with Crippen molar-refractivity contribution in [2.45, 2.75) is 5.75 Å². The number of pyridine rings is 1. The summed E-state index contributed by atoms with van der Waals surface area (Å²) in [5, 5.41) is 6.21. The van der Waals surface area contributed by atoms with Gasteiger partial charge in [0.05, 0.1) is 11.3 Å². The third-order valence-electron chi connectivity index (χ3n) is 2.17. The zero-order valence-corrected chi connectivity index (χ0v) is 9.79. The lowest BCUT2D eigenvalue weighted by Crippen LogP contribution is -2.15. The molecule has 1 heterocycles. The predicted molar refractivity (Wildman–Crippen MR) is 63.6 cm³/mol. The normalized spacial score (nSPS) is 11.9. The van der Waals surface area contributed by atoms with Gasteiger partial charge in [0, 0.05) is 22.2 Å². The van der Waals surface area contributed by atoms with Gasteiger partial charge in [0.2, 0.25) is 10.0 Å². The molecule has 0 aliphatic carbocycles. The highest BCUT2D eigenvalue weighted by Gasteiger charge is 2.13. The topological polar surface area (TPSA) is 73.1 Å². The van der Waals surface area contributed by atoms with Crippen molar-refractivity contribution in [1.29, 1.82) is 0 Å². The number of primary sulfonamides is 1. The molecule has 0 saturated carbocycles. The van der Waals surface area contributed by atoms with Crippen LogP contribution in [0.3, 0.4) is 0 Å². The molecule has 0 aliphatic rings. The fraction of sp³-hybridized carbons (Fsp3) is 0.100. The molecule has 2 rings (SSSR count). The highest BCUT2D eigenvalue weighted by atomic mass is 35.5. The second-order valence-electron chi connectivity index (χ2n) is 3.41. The lowest BCUT2D eigenvalue weighted by molar-refractivity contribution is 0.597. The second-order valence-corrected chi connectivity index (χ2v) is 5.43. The van der Waals surface area contributed by atoms with Gasteiger partial charge in [-0.1, -0.05) is 23.7 Å². The van der Waals surface area contributed by atoms with E-state index in [4.69, 9.17) is 16.7 Å². The molecule has 0 saturated heterocycles. The van der Waals surface area contributed by atoms with Gasteiger partial charge in [0.15, 0.2) is 0 Å². The molecular formula is C10H9ClN2O2S. The lowest BCUT2D eigenvalue weighted by Gasteiger charge is -2.06.